The minimum Gasteiger partial charge on any atom is -0.380 e. The van der Waals surface area contributed by atoms with Crippen molar-refractivity contribution in [2.24, 2.45) is 5.92 Å². The van der Waals surface area contributed by atoms with Crippen molar-refractivity contribution in [2.45, 2.75) is 56.9 Å². The Morgan fingerprint density at radius 2 is 2.00 bits per heavy atom. The predicted octanol–water partition coefficient (Wildman–Crippen LogP) is 4.91. The zero-order chi connectivity index (χ0) is 16.1. The second kappa shape index (κ2) is 8.46. The Morgan fingerprint density at radius 3 is 2.70 bits per heavy atom. The van der Waals surface area contributed by atoms with Crippen LogP contribution in [0, 0.1) is 11.7 Å². The molecule has 4 heteroatoms. The Labute approximate surface area is 143 Å². The molecule has 1 aromatic rings. The molecule has 1 aromatic carbocycles. The van der Waals surface area contributed by atoms with E-state index in [1.165, 1.54) is 57.1 Å². The van der Waals surface area contributed by atoms with E-state index in [-0.39, 0.29) is 5.82 Å². The molecular weight excluding hydrogens is 313 g/mol. The monoisotopic (exact) mass is 339 g/mol. The third-order valence-corrected chi connectivity index (χ3v) is 5.72. The summed E-state index contributed by atoms with van der Waals surface area (Å²) in [5.41, 5.74) is 1.13. The summed E-state index contributed by atoms with van der Waals surface area (Å²) in [7, 11) is 0. The Morgan fingerprint density at radius 1 is 1.17 bits per heavy atom. The fourth-order valence-electron chi connectivity index (χ4n) is 3.99. The van der Waals surface area contributed by atoms with Gasteiger partial charge in [-0.15, -0.1) is 0 Å². The van der Waals surface area contributed by atoms with Crippen LogP contribution < -0.4 is 5.32 Å². The van der Waals surface area contributed by atoms with E-state index in [1.54, 1.807) is 0 Å². The number of nitrogens with one attached hydrogen (secondary N) is 1. The topological polar surface area (TPSA) is 21.3 Å². The molecule has 1 saturated heterocycles. The van der Waals surface area contributed by atoms with E-state index in [2.05, 4.69) is 5.32 Å². The van der Waals surface area contributed by atoms with Crippen LogP contribution in [0.15, 0.2) is 18.2 Å². The van der Waals surface area contributed by atoms with E-state index in [1.807, 2.05) is 6.07 Å². The van der Waals surface area contributed by atoms with Crippen LogP contribution in [-0.2, 0) is 4.74 Å². The Hall–Kier alpha value is -0.640. The van der Waals surface area contributed by atoms with Crippen molar-refractivity contribution in [3.8, 4) is 0 Å². The van der Waals surface area contributed by atoms with Crippen LogP contribution in [0.25, 0.3) is 0 Å². The van der Waals surface area contributed by atoms with Crippen molar-refractivity contribution >= 4 is 11.6 Å². The average Bonchev–Trinajstić information content (AvgIpc) is 2.57. The standard InChI is InChI=1S/C19H27ClFNO/c20-19-12-16(21)7-8-18(19)15-5-3-14(4-6-15)9-10-22-17-2-1-11-23-13-17/h7-8,12,14-15,17,22H,1-6,9-11,13H2. The summed E-state index contributed by atoms with van der Waals surface area (Å²) in [6, 6.07) is 5.40. The molecule has 1 unspecified atom stereocenters. The second-order valence-corrected chi connectivity index (χ2v) is 7.45. The lowest BCUT2D eigenvalue weighted by Gasteiger charge is -2.30. The fourth-order valence-corrected chi connectivity index (χ4v) is 4.31. The molecule has 1 aliphatic heterocycles. The Bertz CT molecular complexity index is 496. The maximum absolute atomic E-state index is 13.2. The highest BCUT2D eigenvalue weighted by Gasteiger charge is 2.24. The van der Waals surface area contributed by atoms with Crippen LogP contribution in [-0.4, -0.2) is 25.8 Å². The number of ether oxygens (including phenoxy) is 1. The van der Waals surface area contributed by atoms with E-state index >= 15 is 0 Å². The molecule has 0 amide bonds. The van der Waals surface area contributed by atoms with Crippen LogP contribution in [0.5, 0.6) is 0 Å². The summed E-state index contributed by atoms with van der Waals surface area (Å²) < 4.78 is 18.7. The van der Waals surface area contributed by atoms with Crippen molar-refractivity contribution in [1.29, 1.82) is 0 Å². The van der Waals surface area contributed by atoms with Gasteiger partial charge in [-0.1, -0.05) is 17.7 Å². The van der Waals surface area contributed by atoms with Gasteiger partial charge in [0.25, 0.3) is 0 Å². The molecule has 2 nitrogen and oxygen atoms in total. The Balaban J connectivity index is 1.39. The number of rotatable bonds is 5. The highest BCUT2D eigenvalue weighted by Crippen LogP contribution is 2.39. The molecule has 0 aromatic heterocycles. The lowest BCUT2D eigenvalue weighted by Crippen LogP contribution is -2.37. The van der Waals surface area contributed by atoms with E-state index in [0.29, 0.717) is 17.0 Å². The zero-order valence-electron chi connectivity index (χ0n) is 13.7. The molecule has 1 aliphatic carbocycles. The average molecular weight is 340 g/mol. The van der Waals surface area contributed by atoms with Gasteiger partial charge >= 0.3 is 0 Å². The maximum Gasteiger partial charge on any atom is 0.124 e. The van der Waals surface area contributed by atoms with Gasteiger partial charge in [0, 0.05) is 17.7 Å². The molecule has 0 spiro atoms. The van der Waals surface area contributed by atoms with Gasteiger partial charge in [0.2, 0.25) is 0 Å². The summed E-state index contributed by atoms with van der Waals surface area (Å²) in [5, 5.41) is 4.23. The highest BCUT2D eigenvalue weighted by molar-refractivity contribution is 6.31. The van der Waals surface area contributed by atoms with Gasteiger partial charge in [-0.25, -0.2) is 4.39 Å². The summed E-state index contributed by atoms with van der Waals surface area (Å²) in [5.74, 6) is 1.06. The lowest BCUT2D eigenvalue weighted by atomic mass is 9.77. The maximum atomic E-state index is 13.2. The first-order valence-electron chi connectivity index (χ1n) is 8.98. The van der Waals surface area contributed by atoms with Gasteiger partial charge in [-0.2, -0.15) is 0 Å². The van der Waals surface area contributed by atoms with Crippen LogP contribution in [0.3, 0.4) is 0 Å². The number of benzene rings is 1. The lowest BCUT2D eigenvalue weighted by molar-refractivity contribution is 0.0698. The van der Waals surface area contributed by atoms with Gasteiger partial charge in [0.1, 0.15) is 5.82 Å². The van der Waals surface area contributed by atoms with Gasteiger partial charge in [0.15, 0.2) is 0 Å². The first kappa shape index (κ1) is 17.2. The first-order chi connectivity index (χ1) is 11.2. The smallest absolute Gasteiger partial charge is 0.124 e. The van der Waals surface area contributed by atoms with Crippen molar-refractivity contribution < 1.29 is 9.13 Å². The van der Waals surface area contributed by atoms with E-state index in [9.17, 15) is 4.39 Å². The van der Waals surface area contributed by atoms with Crippen LogP contribution in [0.2, 0.25) is 5.02 Å². The molecule has 2 aliphatic rings. The molecular formula is C19H27ClFNO. The van der Waals surface area contributed by atoms with Crippen molar-refractivity contribution in [3.63, 3.8) is 0 Å². The van der Waals surface area contributed by atoms with E-state index < -0.39 is 0 Å². The van der Waals surface area contributed by atoms with Crippen LogP contribution in [0.4, 0.5) is 4.39 Å². The Kier molecular flexibility index (Phi) is 6.32. The van der Waals surface area contributed by atoms with Crippen molar-refractivity contribution in [2.75, 3.05) is 19.8 Å². The highest BCUT2D eigenvalue weighted by atomic mass is 35.5. The van der Waals surface area contributed by atoms with Gasteiger partial charge in [-0.05, 0) is 81.0 Å². The third kappa shape index (κ3) is 4.91. The molecule has 128 valence electrons. The SMILES string of the molecule is Fc1ccc(C2CCC(CCNC3CCCOC3)CC2)c(Cl)c1. The molecule has 3 rings (SSSR count). The van der Waals surface area contributed by atoms with Crippen LogP contribution in [0.1, 0.15) is 56.4 Å². The van der Waals surface area contributed by atoms with Crippen LogP contribution >= 0.6 is 11.6 Å². The molecule has 0 bridgehead atoms. The minimum absolute atomic E-state index is 0.245. The normalized spacial score (nSPS) is 28.7. The fraction of sp³-hybridized carbons (Fsp3) is 0.684. The second-order valence-electron chi connectivity index (χ2n) is 7.04. The van der Waals surface area contributed by atoms with Gasteiger partial charge in [-0.3, -0.25) is 0 Å². The third-order valence-electron chi connectivity index (χ3n) is 5.39. The van der Waals surface area contributed by atoms with Gasteiger partial charge < -0.3 is 10.1 Å². The number of halogens is 2. The molecule has 0 radical (unpaired) electrons. The summed E-state index contributed by atoms with van der Waals surface area (Å²) in [6.07, 6.45) is 8.52. The summed E-state index contributed by atoms with van der Waals surface area (Å²) >= 11 is 6.21. The van der Waals surface area contributed by atoms with E-state index in [0.717, 1.165) is 31.2 Å². The van der Waals surface area contributed by atoms with Gasteiger partial charge in [0.05, 0.1) is 6.61 Å². The summed E-state index contributed by atoms with van der Waals surface area (Å²) in [6.45, 7) is 2.89. The largest absolute Gasteiger partial charge is 0.380 e. The quantitative estimate of drug-likeness (QED) is 0.822. The first-order valence-corrected chi connectivity index (χ1v) is 9.36. The molecule has 1 N–H and O–H groups in total. The van der Waals surface area contributed by atoms with Crippen molar-refractivity contribution in [1.82, 2.24) is 5.32 Å². The molecule has 1 heterocycles. The van der Waals surface area contributed by atoms with E-state index in [4.69, 9.17) is 16.3 Å². The molecule has 23 heavy (non-hydrogen) atoms. The summed E-state index contributed by atoms with van der Waals surface area (Å²) in [4.78, 5) is 0. The minimum atomic E-state index is -0.245. The molecule has 2 fully saturated rings. The number of hydrogen-bond acceptors (Lipinski definition) is 2. The van der Waals surface area contributed by atoms with Crippen molar-refractivity contribution in [3.05, 3.63) is 34.6 Å². The predicted molar refractivity (Wildman–Crippen MR) is 92.6 cm³/mol. The number of hydrogen-bond donors (Lipinski definition) is 1. The molecule has 1 atom stereocenters. The molecule has 1 saturated carbocycles. The zero-order valence-corrected chi connectivity index (χ0v) is 14.5.